The molecule has 0 saturated carbocycles. The molecule has 3 nitrogen and oxygen atoms in total. The molecule has 2 aromatic heterocycles. The van der Waals surface area contributed by atoms with E-state index in [1.165, 1.54) is 12.4 Å². The molecule has 2 rings (SSSR count). The van der Waals surface area contributed by atoms with Gasteiger partial charge in [0.1, 0.15) is 0 Å². The van der Waals surface area contributed by atoms with Crippen molar-refractivity contribution in [3.63, 3.8) is 0 Å². The van der Waals surface area contributed by atoms with Gasteiger partial charge in [-0.2, -0.15) is 13.2 Å². The molecule has 0 aliphatic carbocycles. The fraction of sp³-hybridized carbons (Fsp3) is 0.273. The molecule has 0 aromatic carbocycles. The van der Waals surface area contributed by atoms with E-state index in [1.54, 1.807) is 19.3 Å². The molecule has 0 aliphatic rings. The van der Waals surface area contributed by atoms with Crippen molar-refractivity contribution in [2.75, 3.05) is 7.05 Å². The van der Waals surface area contributed by atoms with E-state index in [2.05, 4.69) is 15.3 Å². The Kier molecular flexibility index (Phi) is 3.63. The lowest BCUT2D eigenvalue weighted by Gasteiger charge is -2.02. The number of aromatic nitrogens is 2. The van der Waals surface area contributed by atoms with E-state index < -0.39 is 11.2 Å². The number of rotatable bonds is 3. The van der Waals surface area contributed by atoms with Gasteiger partial charge in [-0.3, -0.25) is 4.98 Å². The molecule has 0 atom stereocenters. The SMILES string of the molecule is CNCc1cncc(-c2cnc(C(F)(F)F)s2)c1. The summed E-state index contributed by atoms with van der Waals surface area (Å²) < 4.78 is 37.3. The van der Waals surface area contributed by atoms with E-state index in [9.17, 15) is 13.2 Å². The van der Waals surface area contributed by atoms with Crippen LogP contribution in [0.3, 0.4) is 0 Å². The van der Waals surface area contributed by atoms with Gasteiger partial charge in [0.2, 0.25) is 0 Å². The number of nitrogens with one attached hydrogen (secondary N) is 1. The van der Waals surface area contributed by atoms with Gasteiger partial charge in [-0.05, 0) is 18.7 Å². The van der Waals surface area contributed by atoms with Gasteiger partial charge in [-0.1, -0.05) is 0 Å². The molecule has 96 valence electrons. The van der Waals surface area contributed by atoms with Crippen molar-refractivity contribution in [3.05, 3.63) is 35.2 Å². The van der Waals surface area contributed by atoms with Crippen LogP contribution < -0.4 is 5.32 Å². The Labute approximate surface area is 106 Å². The smallest absolute Gasteiger partial charge is 0.316 e. The Hall–Kier alpha value is -1.47. The third-order valence-corrected chi connectivity index (χ3v) is 3.30. The molecule has 0 spiro atoms. The predicted molar refractivity (Wildman–Crippen MR) is 63.1 cm³/mol. The lowest BCUT2D eigenvalue weighted by molar-refractivity contribution is -0.137. The maximum Gasteiger partial charge on any atom is 0.443 e. The summed E-state index contributed by atoms with van der Waals surface area (Å²) >= 11 is 0.623. The van der Waals surface area contributed by atoms with E-state index in [1.807, 2.05) is 0 Å². The van der Waals surface area contributed by atoms with Crippen molar-refractivity contribution in [2.24, 2.45) is 0 Å². The van der Waals surface area contributed by atoms with Gasteiger partial charge in [0, 0.05) is 30.7 Å². The minimum atomic E-state index is -4.39. The van der Waals surface area contributed by atoms with Crippen LogP contribution in [0.5, 0.6) is 0 Å². The van der Waals surface area contributed by atoms with Crippen LogP contribution >= 0.6 is 11.3 Å². The van der Waals surface area contributed by atoms with Crippen molar-refractivity contribution >= 4 is 11.3 Å². The summed E-state index contributed by atoms with van der Waals surface area (Å²) in [5.41, 5.74) is 1.56. The Morgan fingerprint density at radius 1 is 1.28 bits per heavy atom. The molecule has 0 saturated heterocycles. The second-order valence-corrected chi connectivity index (χ2v) is 4.67. The summed E-state index contributed by atoms with van der Waals surface area (Å²) in [5, 5.41) is 2.12. The highest BCUT2D eigenvalue weighted by atomic mass is 32.1. The topological polar surface area (TPSA) is 37.8 Å². The molecular weight excluding hydrogens is 263 g/mol. The highest BCUT2D eigenvalue weighted by molar-refractivity contribution is 7.15. The van der Waals surface area contributed by atoms with Gasteiger partial charge >= 0.3 is 6.18 Å². The molecule has 7 heteroatoms. The van der Waals surface area contributed by atoms with E-state index in [0.717, 1.165) is 5.56 Å². The third-order valence-electron chi connectivity index (χ3n) is 2.21. The molecule has 18 heavy (non-hydrogen) atoms. The minimum Gasteiger partial charge on any atom is -0.316 e. The van der Waals surface area contributed by atoms with Gasteiger partial charge in [0.15, 0.2) is 5.01 Å². The van der Waals surface area contributed by atoms with Crippen LogP contribution in [0, 0.1) is 0 Å². The summed E-state index contributed by atoms with van der Waals surface area (Å²) in [6, 6.07) is 1.80. The Morgan fingerprint density at radius 2 is 2.06 bits per heavy atom. The monoisotopic (exact) mass is 273 g/mol. The maximum absolute atomic E-state index is 12.4. The van der Waals surface area contributed by atoms with E-state index in [4.69, 9.17) is 0 Å². The lowest BCUT2D eigenvalue weighted by atomic mass is 10.2. The molecule has 1 N–H and O–H groups in total. The van der Waals surface area contributed by atoms with Gasteiger partial charge in [0.25, 0.3) is 0 Å². The largest absolute Gasteiger partial charge is 0.443 e. The van der Waals surface area contributed by atoms with Crippen molar-refractivity contribution < 1.29 is 13.2 Å². The number of hydrogen-bond donors (Lipinski definition) is 1. The standard InChI is InChI=1S/C11H10F3N3S/c1-15-3-7-2-8(5-16-4-7)9-6-17-10(18-9)11(12,13)14/h2,4-6,15H,3H2,1H3. The van der Waals surface area contributed by atoms with Crippen LogP contribution in [0.1, 0.15) is 10.6 Å². The first kappa shape index (κ1) is 13.0. The zero-order valence-corrected chi connectivity index (χ0v) is 10.3. The van der Waals surface area contributed by atoms with Crippen molar-refractivity contribution in [1.29, 1.82) is 0 Å². The molecule has 0 amide bonds. The summed E-state index contributed by atoms with van der Waals surface area (Å²) in [4.78, 5) is 7.86. The van der Waals surface area contributed by atoms with E-state index in [0.29, 0.717) is 28.3 Å². The van der Waals surface area contributed by atoms with Gasteiger partial charge < -0.3 is 5.32 Å². The van der Waals surface area contributed by atoms with Crippen LogP contribution in [-0.2, 0) is 12.7 Å². The minimum absolute atomic E-state index is 0.466. The van der Waals surface area contributed by atoms with Crippen LogP contribution in [0.15, 0.2) is 24.7 Å². The zero-order chi connectivity index (χ0) is 13.2. The summed E-state index contributed by atoms with van der Waals surface area (Å²) in [6.07, 6.45) is 0.0467. The first-order valence-corrected chi connectivity index (χ1v) is 5.94. The molecule has 2 aromatic rings. The van der Waals surface area contributed by atoms with Crippen molar-refractivity contribution in [3.8, 4) is 10.4 Å². The first-order valence-electron chi connectivity index (χ1n) is 5.12. The first-order chi connectivity index (χ1) is 8.50. The van der Waals surface area contributed by atoms with Crippen LogP contribution in [0.2, 0.25) is 0 Å². The second-order valence-electron chi connectivity index (χ2n) is 3.64. The maximum atomic E-state index is 12.4. The number of alkyl halides is 3. The van der Waals surface area contributed by atoms with Gasteiger partial charge in [-0.25, -0.2) is 4.98 Å². The quantitative estimate of drug-likeness (QED) is 0.934. The second kappa shape index (κ2) is 5.03. The highest BCUT2D eigenvalue weighted by Gasteiger charge is 2.34. The number of nitrogens with zero attached hydrogens (tertiary/aromatic N) is 2. The molecule has 0 radical (unpaired) electrons. The van der Waals surface area contributed by atoms with Crippen LogP contribution in [0.25, 0.3) is 10.4 Å². The van der Waals surface area contributed by atoms with Gasteiger partial charge in [-0.15, -0.1) is 11.3 Å². The lowest BCUT2D eigenvalue weighted by Crippen LogP contribution is -2.05. The Bertz CT molecular complexity index is 536. The Balaban J connectivity index is 2.31. The predicted octanol–water partition coefficient (Wildman–Crippen LogP) is 2.94. The molecule has 2 heterocycles. The molecule has 0 aliphatic heterocycles. The Morgan fingerprint density at radius 3 is 2.67 bits per heavy atom. The summed E-state index contributed by atoms with van der Waals surface area (Å²) in [6.45, 7) is 0.617. The normalized spacial score (nSPS) is 11.8. The van der Waals surface area contributed by atoms with Crippen LogP contribution in [0.4, 0.5) is 13.2 Å². The van der Waals surface area contributed by atoms with Crippen molar-refractivity contribution in [1.82, 2.24) is 15.3 Å². The van der Waals surface area contributed by atoms with Crippen LogP contribution in [-0.4, -0.2) is 17.0 Å². The summed E-state index contributed by atoms with van der Waals surface area (Å²) in [7, 11) is 1.79. The number of hydrogen-bond acceptors (Lipinski definition) is 4. The number of pyridine rings is 1. The summed E-state index contributed by atoms with van der Waals surface area (Å²) in [5.74, 6) is 0. The fourth-order valence-corrected chi connectivity index (χ4v) is 2.23. The third kappa shape index (κ3) is 2.85. The molecular formula is C11H10F3N3S. The number of halogens is 3. The van der Waals surface area contributed by atoms with E-state index >= 15 is 0 Å². The molecule has 0 bridgehead atoms. The molecule has 0 unspecified atom stereocenters. The fourth-order valence-electron chi connectivity index (χ4n) is 1.46. The average molecular weight is 273 g/mol. The molecule has 0 fully saturated rings. The average Bonchev–Trinajstić information content (AvgIpc) is 2.78. The van der Waals surface area contributed by atoms with E-state index in [-0.39, 0.29) is 0 Å². The number of thiazole rings is 1. The van der Waals surface area contributed by atoms with Gasteiger partial charge in [0.05, 0.1) is 4.88 Å². The van der Waals surface area contributed by atoms with Crippen molar-refractivity contribution in [2.45, 2.75) is 12.7 Å². The highest BCUT2D eigenvalue weighted by Crippen LogP contribution is 2.36. The zero-order valence-electron chi connectivity index (χ0n) is 9.45.